The second-order valence-corrected chi connectivity index (χ2v) is 8.01. The van der Waals surface area contributed by atoms with Gasteiger partial charge in [-0.25, -0.2) is 9.78 Å². The van der Waals surface area contributed by atoms with Crippen LogP contribution >= 0.6 is 11.3 Å². The van der Waals surface area contributed by atoms with Crippen LogP contribution in [0.4, 0.5) is 10.5 Å². The lowest BCUT2D eigenvalue weighted by molar-refractivity contribution is 0.251. The Hall–Kier alpha value is -3.26. The number of hydrogen-bond acceptors (Lipinski definition) is 5. The highest BCUT2D eigenvalue weighted by molar-refractivity contribution is 7.21. The molecule has 4 aromatic rings. The highest BCUT2D eigenvalue weighted by Crippen LogP contribution is 2.34. The van der Waals surface area contributed by atoms with E-state index in [0.717, 1.165) is 63.9 Å². The fraction of sp³-hybridized carbons (Fsp3) is 0.238. The molecular formula is C21H20N6OS. The highest BCUT2D eigenvalue weighted by Gasteiger charge is 2.17. The average molecular weight is 404 g/mol. The number of nitrogens with one attached hydrogen (secondary N) is 2. The van der Waals surface area contributed by atoms with E-state index in [0.29, 0.717) is 6.54 Å². The van der Waals surface area contributed by atoms with Gasteiger partial charge in [0.2, 0.25) is 0 Å². The standard InChI is InChI=1S/C21H20N6OS/c28-21(22-13-19-26-25-18-11-5-6-12-27(18)19)24-15-8-2-1-7-14(15)20-23-16-9-3-4-10-17(16)29-20/h1-4,7-10H,5-6,11-13H2,(H2,22,24,28). The van der Waals surface area contributed by atoms with Crippen LogP contribution in [-0.4, -0.2) is 25.8 Å². The summed E-state index contributed by atoms with van der Waals surface area (Å²) in [4.78, 5) is 17.2. The van der Waals surface area contributed by atoms with E-state index in [-0.39, 0.29) is 6.03 Å². The van der Waals surface area contributed by atoms with E-state index < -0.39 is 0 Å². The number of rotatable bonds is 4. The number of para-hydroxylation sites is 2. The van der Waals surface area contributed by atoms with Crippen LogP contribution in [0.1, 0.15) is 24.5 Å². The van der Waals surface area contributed by atoms with Crippen molar-refractivity contribution >= 4 is 33.3 Å². The fourth-order valence-corrected chi connectivity index (χ4v) is 4.60. The van der Waals surface area contributed by atoms with Crippen LogP contribution in [0.3, 0.4) is 0 Å². The minimum absolute atomic E-state index is 0.272. The Morgan fingerprint density at radius 1 is 1.07 bits per heavy atom. The van der Waals surface area contributed by atoms with Gasteiger partial charge in [0.15, 0.2) is 5.82 Å². The summed E-state index contributed by atoms with van der Waals surface area (Å²) in [5.74, 6) is 1.81. The van der Waals surface area contributed by atoms with Crippen molar-refractivity contribution in [2.45, 2.75) is 32.4 Å². The number of carbonyl (C=O) groups is 1. The third-order valence-electron chi connectivity index (χ3n) is 5.04. The lowest BCUT2D eigenvalue weighted by Crippen LogP contribution is -2.30. The van der Waals surface area contributed by atoms with E-state index in [1.165, 1.54) is 0 Å². The molecule has 146 valence electrons. The second kappa shape index (κ2) is 7.63. The molecule has 2 aromatic heterocycles. The Morgan fingerprint density at radius 3 is 2.86 bits per heavy atom. The summed E-state index contributed by atoms with van der Waals surface area (Å²) in [7, 11) is 0. The van der Waals surface area contributed by atoms with E-state index in [1.54, 1.807) is 11.3 Å². The van der Waals surface area contributed by atoms with Crippen molar-refractivity contribution in [3.63, 3.8) is 0 Å². The van der Waals surface area contributed by atoms with Crippen LogP contribution in [0.15, 0.2) is 48.5 Å². The van der Waals surface area contributed by atoms with Gasteiger partial charge in [0.1, 0.15) is 10.8 Å². The number of aryl methyl sites for hydroxylation is 1. The number of fused-ring (bicyclic) bond motifs is 2. The highest BCUT2D eigenvalue weighted by atomic mass is 32.1. The first kappa shape index (κ1) is 17.8. The Labute approximate surface area is 171 Å². The number of nitrogens with zero attached hydrogens (tertiary/aromatic N) is 4. The third-order valence-corrected chi connectivity index (χ3v) is 6.11. The molecule has 0 aliphatic carbocycles. The van der Waals surface area contributed by atoms with Crippen LogP contribution in [-0.2, 0) is 19.5 Å². The molecule has 2 aromatic carbocycles. The SMILES string of the molecule is O=C(NCc1nnc2n1CCCC2)Nc1ccccc1-c1nc2ccccc2s1. The van der Waals surface area contributed by atoms with Gasteiger partial charge in [-0.2, -0.15) is 0 Å². The summed E-state index contributed by atoms with van der Waals surface area (Å²) in [6.07, 6.45) is 3.23. The lowest BCUT2D eigenvalue weighted by atomic mass is 10.2. The molecule has 0 saturated carbocycles. The van der Waals surface area contributed by atoms with Crippen LogP contribution in [0, 0.1) is 0 Å². The van der Waals surface area contributed by atoms with Gasteiger partial charge in [0.25, 0.3) is 0 Å². The zero-order valence-corrected chi connectivity index (χ0v) is 16.6. The van der Waals surface area contributed by atoms with Gasteiger partial charge in [0.05, 0.1) is 22.4 Å². The molecule has 2 N–H and O–H groups in total. The van der Waals surface area contributed by atoms with Crippen molar-refractivity contribution in [1.29, 1.82) is 0 Å². The van der Waals surface area contributed by atoms with Gasteiger partial charge >= 0.3 is 6.03 Å². The maximum Gasteiger partial charge on any atom is 0.319 e. The van der Waals surface area contributed by atoms with Crippen molar-refractivity contribution in [1.82, 2.24) is 25.1 Å². The molecule has 0 radical (unpaired) electrons. The molecule has 1 aliphatic heterocycles. The molecule has 0 saturated heterocycles. The maximum absolute atomic E-state index is 12.5. The summed E-state index contributed by atoms with van der Waals surface area (Å²) >= 11 is 1.61. The van der Waals surface area contributed by atoms with Crippen LogP contribution in [0.25, 0.3) is 20.8 Å². The topological polar surface area (TPSA) is 84.7 Å². The molecule has 5 rings (SSSR count). The summed E-state index contributed by atoms with van der Waals surface area (Å²) in [5.41, 5.74) is 2.60. The molecular weight excluding hydrogens is 384 g/mol. The number of hydrogen-bond donors (Lipinski definition) is 2. The summed E-state index contributed by atoms with van der Waals surface area (Å²) in [5, 5.41) is 15.2. The second-order valence-electron chi connectivity index (χ2n) is 6.98. The number of thiazole rings is 1. The number of amides is 2. The minimum Gasteiger partial charge on any atom is -0.331 e. The van der Waals surface area contributed by atoms with Gasteiger partial charge in [-0.15, -0.1) is 21.5 Å². The Kier molecular flexibility index (Phi) is 4.69. The molecule has 1 aliphatic rings. The fourth-order valence-electron chi connectivity index (χ4n) is 3.59. The quantitative estimate of drug-likeness (QED) is 0.533. The first-order chi connectivity index (χ1) is 14.3. The predicted octanol–water partition coefficient (Wildman–Crippen LogP) is 4.21. The van der Waals surface area contributed by atoms with Gasteiger partial charge < -0.3 is 15.2 Å². The smallest absolute Gasteiger partial charge is 0.319 e. The summed E-state index contributed by atoms with van der Waals surface area (Å²) in [6, 6.07) is 15.5. The van der Waals surface area contributed by atoms with Gasteiger partial charge in [-0.1, -0.05) is 24.3 Å². The minimum atomic E-state index is -0.272. The molecule has 0 bridgehead atoms. The number of anilines is 1. The molecule has 29 heavy (non-hydrogen) atoms. The van der Waals surface area contributed by atoms with E-state index in [2.05, 4.69) is 31.5 Å². The van der Waals surface area contributed by atoms with Gasteiger partial charge in [-0.3, -0.25) is 0 Å². The number of urea groups is 1. The zero-order chi connectivity index (χ0) is 19.6. The largest absolute Gasteiger partial charge is 0.331 e. The third kappa shape index (κ3) is 3.58. The molecule has 2 amide bonds. The molecule has 0 unspecified atom stereocenters. The van der Waals surface area contributed by atoms with Crippen LogP contribution < -0.4 is 10.6 Å². The molecule has 3 heterocycles. The zero-order valence-electron chi connectivity index (χ0n) is 15.8. The predicted molar refractivity (Wildman–Crippen MR) is 114 cm³/mol. The van der Waals surface area contributed by atoms with E-state index in [1.807, 2.05) is 42.5 Å². The monoisotopic (exact) mass is 404 g/mol. The normalized spacial score (nSPS) is 13.2. The number of carbonyl (C=O) groups excluding carboxylic acids is 1. The van der Waals surface area contributed by atoms with Crippen LogP contribution in [0.5, 0.6) is 0 Å². The van der Waals surface area contributed by atoms with Gasteiger partial charge in [0, 0.05) is 18.5 Å². The molecule has 0 atom stereocenters. The summed E-state index contributed by atoms with van der Waals surface area (Å²) < 4.78 is 3.23. The number of aromatic nitrogens is 4. The van der Waals surface area contributed by atoms with E-state index in [4.69, 9.17) is 4.98 Å². The average Bonchev–Trinajstić information content (AvgIpc) is 3.37. The Balaban J connectivity index is 1.32. The molecule has 7 nitrogen and oxygen atoms in total. The number of benzene rings is 2. The maximum atomic E-state index is 12.5. The van der Waals surface area contributed by atoms with Gasteiger partial charge in [-0.05, 0) is 37.1 Å². The molecule has 8 heteroatoms. The van der Waals surface area contributed by atoms with Crippen LogP contribution in [0.2, 0.25) is 0 Å². The Morgan fingerprint density at radius 2 is 1.93 bits per heavy atom. The van der Waals surface area contributed by atoms with Crippen molar-refractivity contribution in [2.24, 2.45) is 0 Å². The van der Waals surface area contributed by atoms with Crippen molar-refractivity contribution in [3.05, 3.63) is 60.2 Å². The summed E-state index contributed by atoms with van der Waals surface area (Å²) in [6.45, 7) is 1.27. The Bertz CT molecular complexity index is 1150. The van der Waals surface area contributed by atoms with Crippen molar-refractivity contribution in [3.8, 4) is 10.6 Å². The molecule has 0 spiro atoms. The van der Waals surface area contributed by atoms with Crippen molar-refractivity contribution in [2.75, 3.05) is 5.32 Å². The van der Waals surface area contributed by atoms with E-state index >= 15 is 0 Å². The van der Waals surface area contributed by atoms with E-state index in [9.17, 15) is 4.79 Å². The molecule has 0 fully saturated rings. The van der Waals surface area contributed by atoms with Crippen molar-refractivity contribution < 1.29 is 4.79 Å². The first-order valence-corrected chi connectivity index (χ1v) is 10.5. The first-order valence-electron chi connectivity index (χ1n) is 9.69. The lowest BCUT2D eigenvalue weighted by Gasteiger charge is -2.15.